The zero-order valence-electron chi connectivity index (χ0n) is 8.13. The largest absolute Gasteiger partial charge is 0.363 e. The lowest BCUT2D eigenvalue weighted by Crippen LogP contribution is -1.91. The smallest absolute Gasteiger partial charge is 0.358 e. The summed E-state index contributed by atoms with van der Waals surface area (Å²) < 4.78 is 12.7. The van der Waals surface area contributed by atoms with Crippen LogP contribution in [-0.2, 0) is 0 Å². The second-order valence-corrected chi connectivity index (χ2v) is 3.17. The van der Waals surface area contributed by atoms with Gasteiger partial charge in [-0.2, -0.15) is 0 Å². The van der Waals surface area contributed by atoms with Crippen LogP contribution in [0.25, 0.3) is 11.1 Å². The lowest BCUT2D eigenvalue weighted by atomic mass is 10.1. The van der Waals surface area contributed by atoms with Crippen molar-refractivity contribution in [3.63, 3.8) is 0 Å². The third-order valence-electron chi connectivity index (χ3n) is 2.11. The van der Waals surface area contributed by atoms with Gasteiger partial charge in [-0.3, -0.25) is 0 Å². The van der Waals surface area contributed by atoms with E-state index in [-0.39, 0.29) is 11.6 Å². The van der Waals surface area contributed by atoms with Gasteiger partial charge in [-0.25, -0.2) is 4.39 Å². The minimum atomic E-state index is -0.561. The molecule has 0 saturated carbocycles. The van der Waals surface area contributed by atoms with E-state index < -0.39 is 4.92 Å². The zero-order valence-corrected chi connectivity index (χ0v) is 8.13. The van der Waals surface area contributed by atoms with Gasteiger partial charge in [0, 0.05) is 11.6 Å². The molecule has 0 fully saturated rings. The van der Waals surface area contributed by atoms with Crippen LogP contribution in [0.2, 0.25) is 0 Å². The number of nitrogens with zero attached hydrogens (tertiary/aromatic N) is 2. The maximum absolute atomic E-state index is 12.7. The van der Waals surface area contributed by atoms with Crippen molar-refractivity contribution in [2.24, 2.45) is 0 Å². The third kappa shape index (κ3) is 2.03. The molecule has 0 unspecified atom stereocenters. The molecule has 0 amide bonds. The van der Waals surface area contributed by atoms with Gasteiger partial charge in [-0.15, -0.1) is 0 Å². The van der Waals surface area contributed by atoms with E-state index in [2.05, 4.69) is 4.98 Å². The first-order valence-corrected chi connectivity index (χ1v) is 4.53. The van der Waals surface area contributed by atoms with Crippen LogP contribution in [0, 0.1) is 15.9 Å². The second-order valence-electron chi connectivity index (χ2n) is 3.17. The normalized spacial score (nSPS) is 10.1. The molecule has 16 heavy (non-hydrogen) atoms. The van der Waals surface area contributed by atoms with Crippen LogP contribution in [0.5, 0.6) is 0 Å². The number of nitro groups is 1. The lowest BCUT2D eigenvalue weighted by molar-refractivity contribution is -0.389. The minimum Gasteiger partial charge on any atom is -0.358 e. The number of benzene rings is 1. The molecule has 0 atom stereocenters. The Morgan fingerprint density at radius 1 is 1.06 bits per heavy atom. The van der Waals surface area contributed by atoms with E-state index in [9.17, 15) is 14.5 Å². The molecule has 1 aromatic carbocycles. The first-order valence-electron chi connectivity index (χ1n) is 4.53. The molecule has 1 heterocycles. The maximum atomic E-state index is 12.7. The predicted molar refractivity (Wildman–Crippen MR) is 56.3 cm³/mol. The average molecular weight is 218 g/mol. The maximum Gasteiger partial charge on any atom is 0.363 e. The molecule has 80 valence electrons. The Morgan fingerprint density at radius 3 is 2.19 bits per heavy atom. The first kappa shape index (κ1) is 10.2. The fraction of sp³-hybridized carbons (Fsp3) is 0. The van der Waals surface area contributed by atoms with Crippen molar-refractivity contribution in [2.45, 2.75) is 0 Å². The zero-order chi connectivity index (χ0) is 11.5. The van der Waals surface area contributed by atoms with E-state index in [1.54, 1.807) is 18.2 Å². The number of hydrogen-bond donors (Lipinski definition) is 0. The van der Waals surface area contributed by atoms with E-state index in [4.69, 9.17) is 0 Å². The molecule has 0 aliphatic carbocycles. The van der Waals surface area contributed by atoms with E-state index in [0.29, 0.717) is 5.56 Å². The summed E-state index contributed by atoms with van der Waals surface area (Å²) in [4.78, 5) is 13.5. The van der Waals surface area contributed by atoms with E-state index in [1.807, 2.05) is 0 Å². The molecule has 2 rings (SSSR count). The fourth-order valence-electron chi connectivity index (χ4n) is 1.31. The van der Waals surface area contributed by atoms with Gasteiger partial charge < -0.3 is 10.1 Å². The molecule has 0 bridgehead atoms. The Labute approximate surface area is 90.5 Å². The van der Waals surface area contributed by atoms with E-state index in [1.165, 1.54) is 24.4 Å². The fourth-order valence-corrected chi connectivity index (χ4v) is 1.31. The van der Waals surface area contributed by atoms with Crippen LogP contribution in [0.4, 0.5) is 10.2 Å². The highest BCUT2D eigenvalue weighted by Gasteiger charge is 2.07. The molecule has 4 nitrogen and oxygen atoms in total. The monoisotopic (exact) mass is 218 g/mol. The molecular weight excluding hydrogens is 211 g/mol. The quantitative estimate of drug-likeness (QED) is 0.575. The molecule has 0 saturated heterocycles. The molecule has 5 heteroatoms. The molecule has 2 aromatic rings. The van der Waals surface area contributed by atoms with Crippen molar-refractivity contribution in [1.29, 1.82) is 0 Å². The van der Waals surface area contributed by atoms with Crippen LogP contribution < -0.4 is 0 Å². The summed E-state index contributed by atoms with van der Waals surface area (Å²) in [5.74, 6) is -0.524. The Kier molecular flexibility index (Phi) is 2.59. The Bertz CT molecular complexity index is 509. The second kappa shape index (κ2) is 4.06. The summed E-state index contributed by atoms with van der Waals surface area (Å²) in [5.41, 5.74) is 1.48. The molecule has 0 N–H and O–H groups in total. The van der Waals surface area contributed by atoms with E-state index >= 15 is 0 Å². The highest BCUT2D eigenvalue weighted by atomic mass is 19.1. The van der Waals surface area contributed by atoms with Crippen molar-refractivity contribution in [2.75, 3.05) is 0 Å². The van der Waals surface area contributed by atoms with Crippen LogP contribution in [0.15, 0.2) is 42.6 Å². The Balaban J connectivity index is 2.34. The highest BCUT2D eigenvalue weighted by Crippen LogP contribution is 2.20. The number of aromatic nitrogens is 1. The number of rotatable bonds is 2. The summed E-state index contributed by atoms with van der Waals surface area (Å²) in [7, 11) is 0. The minimum absolute atomic E-state index is 0.203. The molecule has 0 aliphatic heterocycles. The van der Waals surface area contributed by atoms with Crippen molar-refractivity contribution in [3.05, 3.63) is 58.5 Å². The van der Waals surface area contributed by atoms with Crippen molar-refractivity contribution >= 4 is 5.82 Å². The standard InChI is InChI=1S/C11H7FN2O2/c12-10-4-1-8(2-5-10)9-3-6-11(13-7-9)14(15)16/h1-7H. The van der Waals surface area contributed by atoms with Crippen molar-refractivity contribution in [1.82, 2.24) is 4.98 Å². The summed E-state index contributed by atoms with van der Waals surface area (Å²) >= 11 is 0. The van der Waals surface area contributed by atoms with Gasteiger partial charge in [0.25, 0.3) is 0 Å². The first-order chi connectivity index (χ1) is 7.66. The van der Waals surface area contributed by atoms with Gasteiger partial charge in [0.2, 0.25) is 0 Å². The summed E-state index contributed by atoms with van der Waals surface area (Å²) in [6.45, 7) is 0. The van der Waals surface area contributed by atoms with Gasteiger partial charge in [-0.1, -0.05) is 12.1 Å². The van der Waals surface area contributed by atoms with Gasteiger partial charge in [-0.05, 0) is 33.7 Å². The summed E-state index contributed by atoms with van der Waals surface area (Å²) in [5, 5.41) is 10.4. The molecule has 0 aliphatic rings. The van der Waals surface area contributed by atoms with Gasteiger partial charge in [0.15, 0.2) is 0 Å². The third-order valence-corrected chi connectivity index (χ3v) is 2.11. The Morgan fingerprint density at radius 2 is 1.69 bits per heavy atom. The lowest BCUT2D eigenvalue weighted by Gasteiger charge is -1.98. The van der Waals surface area contributed by atoms with Gasteiger partial charge in [0.1, 0.15) is 12.0 Å². The molecule has 1 aromatic heterocycles. The predicted octanol–water partition coefficient (Wildman–Crippen LogP) is 2.80. The molecule has 0 spiro atoms. The van der Waals surface area contributed by atoms with Crippen molar-refractivity contribution < 1.29 is 9.31 Å². The van der Waals surface area contributed by atoms with Crippen LogP contribution in [0.1, 0.15) is 0 Å². The van der Waals surface area contributed by atoms with Gasteiger partial charge >= 0.3 is 5.82 Å². The number of halogens is 1. The summed E-state index contributed by atoms with van der Waals surface area (Å²) in [6.07, 6.45) is 1.39. The SMILES string of the molecule is O=[N+]([O-])c1ccc(-c2ccc(F)cc2)cn1. The van der Waals surface area contributed by atoms with E-state index in [0.717, 1.165) is 5.56 Å². The van der Waals surface area contributed by atoms with Crippen LogP contribution >= 0.6 is 0 Å². The number of pyridine rings is 1. The van der Waals surface area contributed by atoms with Crippen LogP contribution in [-0.4, -0.2) is 9.91 Å². The summed E-state index contributed by atoms with van der Waals surface area (Å²) in [6, 6.07) is 8.75. The van der Waals surface area contributed by atoms with Crippen molar-refractivity contribution in [3.8, 4) is 11.1 Å². The highest BCUT2D eigenvalue weighted by molar-refractivity contribution is 5.62. The van der Waals surface area contributed by atoms with Gasteiger partial charge in [0.05, 0.1) is 0 Å². The Hall–Kier alpha value is -2.30. The molecule has 0 radical (unpaired) electrons. The number of hydrogen-bond acceptors (Lipinski definition) is 3. The molecular formula is C11H7FN2O2. The average Bonchev–Trinajstić information content (AvgIpc) is 2.30. The topological polar surface area (TPSA) is 56.0 Å². The van der Waals surface area contributed by atoms with Crippen LogP contribution in [0.3, 0.4) is 0 Å².